The number of nitrogens with zero attached hydrogens (tertiary/aromatic N) is 1. The quantitative estimate of drug-likeness (QED) is 0.737. The zero-order valence-corrected chi connectivity index (χ0v) is 17.1. The van der Waals surface area contributed by atoms with E-state index in [0.29, 0.717) is 22.0 Å². The number of carbonyl (C=O) groups is 3. The molecule has 2 saturated heterocycles. The standard InChI is InChI=1S/C16H16Cl2N2O5S2/c17-10-2-1-9(12(18)5-10)7-20(11-3-4-27(24,25)8-11)14(21)6-13-15(22)19-16(23)26-13/h1-2,5,11,13H,3-4,6-8H2,(H,19,22,23). The minimum atomic E-state index is -3.22. The molecule has 0 radical (unpaired) electrons. The van der Waals surface area contributed by atoms with E-state index in [4.69, 9.17) is 23.2 Å². The van der Waals surface area contributed by atoms with Gasteiger partial charge in [-0.3, -0.25) is 19.7 Å². The number of thioether (sulfide) groups is 1. The van der Waals surface area contributed by atoms with Crippen molar-refractivity contribution in [3.05, 3.63) is 33.8 Å². The van der Waals surface area contributed by atoms with E-state index in [1.165, 1.54) is 4.90 Å². The fourth-order valence-corrected chi connectivity index (χ4v) is 6.09. The molecular formula is C16H16Cl2N2O5S2. The molecule has 0 saturated carbocycles. The van der Waals surface area contributed by atoms with Crippen LogP contribution in [-0.2, 0) is 26.0 Å². The molecule has 0 bridgehead atoms. The van der Waals surface area contributed by atoms with Crippen LogP contribution in [0.1, 0.15) is 18.4 Å². The number of carbonyl (C=O) groups excluding carboxylic acids is 3. The Hall–Kier alpha value is -1.29. The SMILES string of the molecule is O=C1NC(=O)C(CC(=O)N(Cc2ccc(Cl)cc2Cl)C2CCS(=O)(=O)C2)S1. The van der Waals surface area contributed by atoms with Gasteiger partial charge in [0.1, 0.15) is 5.25 Å². The highest BCUT2D eigenvalue weighted by Crippen LogP contribution is 2.28. The van der Waals surface area contributed by atoms with E-state index in [0.717, 1.165) is 11.8 Å². The van der Waals surface area contributed by atoms with Crippen LogP contribution in [-0.4, -0.2) is 53.2 Å². The lowest BCUT2D eigenvalue weighted by atomic mass is 10.1. The van der Waals surface area contributed by atoms with Crippen molar-refractivity contribution < 1.29 is 22.8 Å². The number of sulfone groups is 1. The maximum atomic E-state index is 12.9. The van der Waals surface area contributed by atoms with Crippen molar-refractivity contribution in [2.45, 2.75) is 30.7 Å². The Balaban J connectivity index is 1.82. The predicted octanol–water partition coefficient (Wildman–Crippen LogP) is 2.25. The van der Waals surface area contributed by atoms with Crippen LogP contribution >= 0.6 is 35.0 Å². The van der Waals surface area contributed by atoms with Gasteiger partial charge in [-0.25, -0.2) is 8.42 Å². The van der Waals surface area contributed by atoms with E-state index in [9.17, 15) is 22.8 Å². The van der Waals surface area contributed by atoms with Gasteiger partial charge in [-0.05, 0) is 24.1 Å². The van der Waals surface area contributed by atoms with Crippen molar-refractivity contribution in [1.29, 1.82) is 0 Å². The molecular weight excluding hydrogens is 435 g/mol. The van der Waals surface area contributed by atoms with Gasteiger partial charge in [0.05, 0.1) is 11.5 Å². The van der Waals surface area contributed by atoms with Gasteiger partial charge in [0.2, 0.25) is 11.8 Å². The van der Waals surface area contributed by atoms with E-state index in [1.54, 1.807) is 18.2 Å². The van der Waals surface area contributed by atoms with Crippen molar-refractivity contribution in [2.24, 2.45) is 0 Å². The third kappa shape index (κ3) is 4.96. The summed E-state index contributed by atoms with van der Waals surface area (Å²) in [4.78, 5) is 37.4. The zero-order chi connectivity index (χ0) is 19.8. The summed E-state index contributed by atoms with van der Waals surface area (Å²) in [6.45, 7) is 0.0992. The number of halogens is 2. The highest BCUT2D eigenvalue weighted by molar-refractivity contribution is 8.15. The molecule has 0 aromatic heterocycles. The average molecular weight is 451 g/mol. The topological polar surface area (TPSA) is 101 Å². The van der Waals surface area contributed by atoms with Gasteiger partial charge in [0.25, 0.3) is 5.24 Å². The number of amides is 3. The normalized spacial score (nSPS) is 24.1. The van der Waals surface area contributed by atoms with Gasteiger partial charge in [0.15, 0.2) is 9.84 Å². The predicted molar refractivity (Wildman–Crippen MR) is 104 cm³/mol. The van der Waals surface area contributed by atoms with E-state index >= 15 is 0 Å². The third-order valence-electron chi connectivity index (χ3n) is 4.45. The summed E-state index contributed by atoms with van der Waals surface area (Å²) in [5.74, 6) is -1.04. The van der Waals surface area contributed by atoms with Gasteiger partial charge < -0.3 is 4.90 Å². The van der Waals surface area contributed by atoms with Crippen LogP contribution in [0.2, 0.25) is 10.0 Å². The van der Waals surface area contributed by atoms with Crippen LogP contribution in [0.4, 0.5) is 4.79 Å². The molecule has 27 heavy (non-hydrogen) atoms. The molecule has 0 aliphatic carbocycles. The molecule has 2 aliphatic heterocycles. The van der Waals surface area contributed by atoms with Gasteiger partial charge in [-0.2, -0.15) is 0 Å². The number of hydrogen-bond acceptors (Lipinski definition) is 6. The number of rotatable bonds is 5. The molecule has 1 aromatic rings. The van der Waals surface area contributed by atoms with Crippen LogP contribution in [0, 0.1) is 0 Å². The molecule has 7 nitrogen and oxygen atoms in total. The summed E-state index contributed by atoms with van der Waals surface area (Å²) >= 11 is 12.9. The molecule has 2 fully saturated rings. The monoisotopic (exact) mass is 450 g/mol. The average Bonchev–Trinajstić information content (AvgIpc) is 3.07. The van der Waals surface area contributed by atoms with Crippen molar-refractivity contribution in [3.63, 3.8) is 0 Å². The first kappa shape index (κ1) is 20.4. The van der Waals surface area contributed by atoms with Crippen molar-refractivity contribution >= 4 is 61.9 Å². The summed E-state index contributed by atoms with van der Waals surface area (Å²) in [7, 11) is -3.22. The highest BCUT2D eigenvalue weighted by atomic mass is 35.5. The largest absolute Gasteiger partial charge is 0.334 e. The number of benzene rings is 1. The maximum Gasteiger partial charge on any atom is 0.286 e. The Kier molecular flexibility index (Phi) is 6.05. The van der Waals surface area contributed by atoms with E-state index in [-0.39, 0.29) is 24.5 Å². The lowest BCUT2D eigenvalue weighted by Gasteiger charge is -2.29. The molecule has 3 amide bonds. The minimum Gasteiger partial charge on any atom is -0.334 e. The van der Waals surface area contributed by atoms with E-state index in [2.05, 4.69) is 5.32 Å². The van der Waals surface area contributed by atoms with Crippen molar-refractivity contribution in [3.8, 4) is 0 Å². The number of imide groups is 1. The molecule has 2 aliphatic rings. The van der Waals surface area contributed by atoms with E-state index in [1.807, 2.05) is 0 Å². The van der Waals surface area contributed by atoms with Crippen molar-refractivity contribution in [2.75, 3.05) is 11.5 Å². The molecule has 0 spiro atoms. The Morgan fingerprint density at radius 2 is 2.04 bits per heavy atom. The summed E-state index contributed by atoms with van der Waals surface area (Å²) < 4.78 is 23.8. The molecule has 1 aromatic carbocycles. The first-order valence-electron chi connectivity index (χ1n) is 8.10. The van der Waals surface area contributed by atoms with E-state index < -0.39 is 38.2 Å². The fraction of sp³-hybridized carbons (Fsp3) is 0.438. The number of nitrogens with one attached hydrogen (secondary N) is 1. The van der Waals surface area contributed by atoms with Crippen LogP contribution in [0.5, 0.6) is 0 Å². The maximum absolute atomic E-state index is 12.9. The fourth-order valence-electron chi connectivity index (χ4n) is 3.08. The zero-order valence-electron chi connectivity index (χ0n) is 14.0. The molecule has 2 heterocycles. The Labute approximate surface area is 170 Å². The molecule has 2 atom stereocenters. The molecule has 3 rings (SSSR count). The third-order valence-corrected chi connectivity index (χ3v) is 7.77. The van der Waals surface area contributed by atoms with Crippen LogP contribution in [0.3, 0.4) is 0 Å². The molecule has 146 valence electrons. The second kappa shape index (κ2) is 7.98. The minimum absolute atomic E-state index is 0.00689. The van der Waals surface area contributed by atoms with Gasteiger partial charge in [-0.1, -0.05) is 41.0 Å². The van der Waals surface area contributed by atoms with Gasteiger partial charge in [0, 0.05) is 29.1 Å². The summed E-state index contributed by atoms with van der Waals surface area (Å²) in [6.07, 6.45) is 0.131. The Morgan fingerprint density at radius 3 is 2.59 bits per heavy atom. The van der Waals surface area contributed by atoms with Crippen LogP contribution in [0.25, 0.3) is 0 Å². The smallest absolute Gasteiger partial charge is 0.286 e. The summed E-state index contributed by atoms with van der Waals surface area (Å²) in [6, 6.07) is 4.36. The van der Waals surface area contributed by atoms with Gasteiger partial charge >= 0.3 is 0 Å². The lowest BCUT2D eigenvalue weighted by molar-refractivity contribution is -0.135. The van der Waals surface area contributed by atoms with Crippen LogP contribution in [0.15, 0.2) is 18.2 Å². The lowest BCUT2D eigenvalue weighted by Crippen LogP contribution is -2.42. The van der Waals surface area contributed by atoms with Gasteiger partial charge in [-0.15, -0.1) is 0 Å². The first-order valence-corrected chi connectivity index (χ1v) is 11.6. The summed E-state index contributed by atoms with van der Waals surface area (Å²) in [5.41, 5.74) is 0.623. The molecule has 11 heteroatoms. The second-order valence-electron chi connectivity index (χ2n) is 6.40. The van der Waals surface area contributed by atoms with Crippen LogP contribution < -0.4 is 5.32 Å². The summed E-state index contributed by atoms with van der Waals surface area (Å²) in [5, 5.41) is 1.65. The molecule has 1 N–H and O–H groups in total. The van der Waals surface area contributed by atoms with Crippen molar-refractivity contribution in [1.82, 2.24) is 10.2 Å². The Morgan fingerprint density at radius 1 is 1.30 bits per heavy atom. The second-order valence-corrected chi connectivity index (χ2v) is 10.6. The first-order chi connectivity index (χ1) is 12.6. The molecule has 2 unspecified atom stereocenters. The Bertz CT molecular complexity index is 906. The number of hydrogen-bond donors (Lipinski definition) is 1. The highest BCUT2D eigenvalue weighted by Gasteiger charge is 2.38.